The summed E-state index contributed by atoms with van der Waals surface area (Å²) in [4.78, 5) is 4.29. The third-order valence-corrected chi connectivity index (χ3v) is 3.98. The molecule has 1 saturated carbocycles. The summed E-state index contributed by atoms with van der Waals surface area (Å²) in [6.45, 7) is 3.54. The number of halogens is 1. The average Bonchev–Trinajstić information content (AvgIpc) is 2.75. The fourth-order valence-electron chi connectivity index (χ4n) is 2.51. The smallest absolute Gasteiger partial charge is 0.216 e. The van der Waals surface area contributed by atoms with Crippen molar-refractivity contribution >= 4 is 15.9 Å². The van der Waals surface area contributed by atoms with Crippen LogP contribution in [0.4, 0.5) is 0 Å². The molecule has 1 aromatic rings. The van der Waals surface area contributed by atoms with Crippen LogP contribution < -0.4 is 10.5 Å². The van der Waals surface area contributed by atoms with Crippen molar-refractivity contribution < 1.29 is 4.74 Å². The van der Waals surface area contributed by atoms with Crippen molar-refractivity contribution in [2.45, 2.75) is 26.2 Å². The molecule has 94 valence electrons. The molecule has 1 aliphatic rings. The lowest BCUT2D eigenvalue weighted by Crippen LogP contribution is -2.23. The molecule has 1 heterocycles. The third kappa shape index (κ3) is 3.19. The van der Waals surface area contributed by atoms with E-state index in [1.54, 1.807) is 6.20 Å². The molecule has 1 aliphatic carbocycles. The largest absolute Gasteiger partial charge is 0.477 e. The van der Waals surface area contributed by atoms with Crippen LogP contribution in [-0.4, -0.2) is 18.1 Å². The maximum atomic E-state index is 5.82. The second-order valence-corrected chi connectivity index (χ2v) is 5.69. The summed E-state index contributed by atoms with van der Waals surface area (Å²) in [5.41, 5.74) is 6.84. The van der Waals surface area contributed by atoms with Gasteiger partial charge in [-0.15, -0.1) is 0 Å². The third-order valence-electron chi connectivity index (χ3n) is 3.55. The molecule has 4 heteroatoms. The number of ether oxygens (including phenoxy) is 1. The van der Waals surface area contributed by atoms with Crippen LogP contribution in [0.15, 0.2) is 16.7 Å². The second-order valence-electron chi connectivity index (χ2n) is 4.77. The minimum atomic E-state index is 0.602. The number of nitrogens with two attached hydrogens (primary N) is 1. The van der Waals surface area contributed by atoms with Gasteiger partial charge < -0.3 is 10.5 Å². The standard InChI is InChI=1S/C13H19BrN2O/c1-9-5-12(14)7-16-13(9)17-8-11-4-2-3-10(11)6-15/h5,7,10-11H,2-4,6,8,15H2,1H3. The minimum Gasteiger partial charge on any atom is -0.477 e. The summed E-state index contributed by atoms with van der Waals surface area (Å²) in [5, 5.41) is 0. The van der Waals surface area contributed by atoms with Crippen molar-refractivity contribution in [1.82, 2.24) is 4.98 Å². The summed E-state index contributed by atoms with van der Waals surface area (Å²) in [6.07, 6.45) is 5.54. The highest BCUT2D eigenvalue weighted by Gasteiger charge is 2.26. The van der Waals surface area contributed by atoms with Gasteiger partial charge >= 0.3 is 0 Å². The Labute approximate surface area is 111 Å². The lowest BCUT2D eigenvalue weighted by Gasteiger charge is -2.18. The lowest BCUT2D eigenvalue weighted by molar-refractivity contribution is 0.209. The number of nitrogens with zero attached hydrogens (tertiary/aromatic N) is 1. The van der Waals surface area contributed by atoms with Crippen LogP contribution in [-0.2, 0) is 0 Å². The quantitative estimate of drug-likeness (QED) is 0.930. The molecule has 17 heavy (non-hydrogen) atoms. The minimum absolute atomic E-state index is 0.602. The first-order valence-corrected chi connectivity index (χ1v) is 6.95. The van der Waals surface area contributed by atoms with E-state index in [2.05, 4.69) is 20.9 Å². The SMILES string of the molecule is Cc1cc(Br)cnc1OCC1CCCC1CN. The normalized spacial score (nSPS) is 23.9. The molecule has 0 bridgehead atoms. The Kier molecular flexibility index (Phi) is 4.40. The van der Waals surface area contributed by atoms with Crippen molar-refractivity contribution in [3.05, 3.63) is 22.3 Å². The van der Waals surface area contributed by atoms with E-state index in [4.69, 9.17) is 10.5 Å². The van der Waals surface area contributed by atoms with E-state index in [9.17, 15) is 0 Å². The van der Waals surface area contributed by atoms with Crippen LogP contribution in [0.1, 0.15) is 24.8 Å². The fraction of sp³-hybridized carbons (Fsp3) is 0.615. The van der Waals surface area contributed by atoms with Crippen LogP contribution in [0, 0.1) is 18.8 Å². The van der Waals surface area contributed by atoms with Crippen LogP contribution in [0.2, 0.25) is 0 Å². The first-order chi connectivity index (χ1) is 8.20. The highest BCUT2D eigenvalue weighted by atomic mass is 79.9. The number of aryl methyl sites for hydroxylation is 1. The number of pyridine rings is 1. The van der Waals surface area contributed by atoms with Crippen molar-refractivity contribution in [3.63, 3.8) is 0 Å². The Morgan fingerprint density at radius 3 is 2.94 bits per heavy atom. The molecule has 1 fully saturated rings. The summed E-state index contributed by atoms with van der Waals surface area (Å²) in [6, 6.07) is 2.03. The highest BCUT2D eigenvalue weighted by molar-refractivity contribution is 9.10. The molecule has 0 amide bonds. The van der Waals surface area contributed by atoms with Gasteiger partial charge in [0.15, 0.2) is 0 Å². The Morgan fingerprint density at radius 1 is 1.47 bits per heavy atom. The summed E-state index contributed by atoms with van der Waals surface area (Å²) >= 11 is 3.40. The molecular formula is C13H19BrN2O. The maximum absolute atomic E-state index is 5.82. The van der Waals surface area contributed by atoms with E-state index in [1.165, 1.54) is 19.3 Å². The van der Waals surface area contributed by atoms with Crippen LogP contribution in [0.3, 0.4) is 0 Å². The van der Waals surface area contributed by atoms with Gasteiger partial charge in [-0.1, -0.05) is 6.42 Å². The van der Waals surface area contributed by atoms with Crippen LogP contribution in [0.25, 0.3) is 0 Å². The molecule has 3 nitrogen and oxygen atoms in total. The molecule has 0 aliphatic heterocycles. The summed E-state index contributed by atoms with van der Waals surface area (Å²) < 4.78 is 6.81. The maximum Gasteiger partial charge on any atom is 0.216 e. The number of hydrogen-bond donors (Lipinski definition) is 1. The molecule has 2 N–H and O–H groups in total. The first-order valence-electron chi connectivity index (χ1n) is 6.15. The molecule has 0 spiro atoms. The van der Waals surface area contributed by atoms with Gasteiger partial charge in [-0.3, -0.25) is 0 Å². The molecule has 2 rings (SSSR count). The van der Waals surface area contributed by atoms with Gasteiger partial charge in [-0.2, -0.15) is 0 Å². The molecular weight excluding hydrogens is 280 g/mol. The zero-order chi connectivity index (χ0) is 12.3. The first kappa shape index (κ1) is 12.8. The van der Waals surface area contributed by atoms with E-state index in [0.29, 0.717) is 11.8 Å². The predicted octanol–water partition coefficient (Wildman–Crippen LogP) is 2.91. The zero-order valence-electron chi connectivity index (χ0n) is 10.2. The molecule has 1 aromatic heterocycles. The predicted molar refractivity (Wildman–Crippen MR) is 72.1 cm³/mol. The van der Waals surface area contributed by atoms with E-state index in [-0.39, 0.29) is 0 Å². The van der Waals surface area contributed by atoms with Gasteiger partial charge in [0.05, 0.1) is 6.61 Å². The van der Waals surface area contributed by atoms with Gasteiger partial charge in [0.25, 0.3) is 0 Å². The van der Waals surface area contributed by atoms with Gasteiger partial charge in [-0.05, 0) is 60.1 Å². The monoisotopic (exact) mass is 298 g/mol. The van der Waals surface area contributed by atoms with Crippen LogP contribution in [0.5, 0.6) is 5.88 Å². The van der Waals surface area contributed by atoms with E-state index in [0.717, 1.165) is 29.1 Å². The van der Waals surface area contributed by atoms with Gasteiger partial charge in [0, 0.05) is 16.2 Å². The number of aromatic nitrogens is 1. The van der Waals surface area contributed by atoms with Crippen molar-refractivity contribution in [3.8, 4) is 5.88 Å². The second kappa shape index (κ2) is 5.83. The average molecular weight is 299 g/mol. The van der Waals surface area contributed by atoms with Gasteiger partial charge in [0.2, 0.25) is 5.88 Å². The zero-order valence-corrected chi connectivity index (χ0v) is 11.7. The molecule has 2 unspecified atom stereocenters. The Balaban J connectivity index is 1.93. The molecule has 0 aromatic carbocycles. The fourth-order valence-corrected chi connectivity index (χ4v) is 2.95. The van der Waals surface area contributed by atoms with Gasteiger partial charge in [-0.25, -0.2) is 4.98 Å². The molecule has 2 atom stereocenters. The van der Waals surface area contributed by atoms with E-state index in [1.807, 2.05) is 13.0 Å². The van der Waals surface area contributed by atoms with E-state index >= 15 is 0 Å². The van der Waals surface area contributed by atoms with Crippen LogP contribution >= 0.6 is 15.9 Å². The lowest BCUT2D eigenvalue weighted by atomic mass is 9.97. The van der Waals surface area contributed by atoms with Crippen molar-refractivity contribution in [1.29, 1.82) is 0 Å². The Hall–Kier alpha value is -0.610. The molecule has 0 saturated heterocycles. The molecule has 0 radical (unpaired) electrons. The Morgan fingerprint density at radius 2 is 2.24 bits per heavy atom. The summed E-state index contributed by atoms with van der Waals surface area (Å²) in [5.74, 6) is 1.98. The number of rotatable bonds is 4. The summed E-state index contributed by atoms with van der Waals surface area (Å²) in [7, 11) is 0. The van der Waals surface area contributed by atoms with Gasteiger partial charge in [0.1, 0.15) is 0 Å². The van der Waals surface area contributed by atoms with Crippen molar-refractivity contribution in [2.24, 2.45) is 17.6 Å². The van der Waals surface area contributed by atoms with Crippen molar-refractivity contribution in [2.75, 3.05) is 13.2 Å². The Bertz CT molecular complexity index is 384. The highest BCUT2D eigenvalue weighted by Crippen LogP contribution is 2.31. The van der Waals surface area contributed by atoms with E-state index < -0.39 is 0 Å². The topological polar surface area (TPSA) is 48.1 Å². The number of hydrogen-bond acceptors (Lipinski definition) is 3.